The zero-order valence-corrected chi connectivity index (χ0v) is 20.3. The Morgan fingerprint density at radius 1 is 1.24 bits per heavy atom. The number of nitrogens with zero attached hydrogens (tertiary/aromatic N) is 3. The number of methoxy groups -OCH3 is 1. The van der Waals surface area contributed by atoms with Crippen molar-refractivity contribution in [2.75, 3.05) is 19.4 Å². The molecule has 168 valence electrons. The second-order valence-electron chi connectivity index (χ2n) is 7.07. The maximum atomic E-state index is 13.2. The Bertz CT molecular complexity index is 1260. The summed E-state index contributed by atoms with van der Waals surface area (Å²) in [5, 5.41) is 0.617. The van der Waals surface area contributed by atoms with E-state index in [1.54, 1.807) is 23.8 Å². The fraction of sp³-hybridized carbons (Fsp3) is 0.167. The number of imidazole rings is 1. The maximum Gasteiger partial charge on any atom is 0.266 e. The van der Waals surface area contributed by atoms with Crippen molar-refractivity contribution < 1.29 is 14.3 Å². The molecule has 1 aliphatic heterocycles. The summed E-state index contributed by atoms with van der Waals surface area (Å²) in [6.07, 6.45) is 3.70. The number of benzene rings is 2. The molecule has 0 bridgehead atoms. The van der Waals surface area contributed by atoms with Gasteiger partial charge < -0.3 is 4.74 Å². The van der Waals surface area contributed by atoms with Gasteiger partial charge in [-0.3, -0.25) is 19.1 Å². The number of rotatable bonds is 8. The normalized spacial score (nSPS) is 14.9. The summed E-state index contributed by atoms with van der Waals surface area (Å²) in [6.45, 7) is 3.95. The second-order valence-corrected chi connectivity index (χ2v) is 9.73. The molecule has 1 saturated heterocycles. The van der Waals surface area contributed by atoms with Gasteiger partial charge in [-0.05, 0) is 35.9 Å². The number of para-hydroxylation sites is 2. The molecule has 0 radical (unpaired) electrons. The molecule has 0 unspecified atom stereocenters. The van der Waals surface area contributed by atoms with Crippen molar-refractivity contribution in [3.05, 3.63) is 71.7 Å². The lowest BCUT2D eigenvalue weighted by molar-refractivity contribution is -0.122. The van der Waals surface area contributed by atoms with Crippen molar-refractivity contribution in [2.24, 2.45) is 0 Å². The van der Waals surface area contributed by atoms with E-state index in [1.165, 1.54) is 28.4 Å². The lowest BCUT2D eigenvalue weighted by Gasteiger charge is -2.14. The summed E-state index contributed by atoms with van der Waals surface area (Å²) in [5.74, 6) is 1.06. The van der Waals surface area contributed by atoms with Gasteiger partial charge in [0.1, 0.15) is 10.1 Å². The van der Waals surface area contributed by atoms with Gasteiger partial charge in [0.15, 0.2) is 5.16 Å². The fourth-order valence-electron chi connectivity index (χ4n) is 3.34. The number of carbonyl (C=O) groups is 2. The SMILES string of the molecule is C=CCSc1nc2ccccc2n1C(=O)CCN1C(=O)/C(=C/c2ccc(OC)cc2)SC1=S. The molecular formula is C24H21N3O3S3. The molecule has 6 nitrogen and oxygen atoms in total. The Kier molecular flexibility index (Phi) is 7.32. The first-order valence-corrected chi connectivity index (χ1v) is 12.4. The van der Waals surface area contributed by atoms with Crippen LogP contribution in [0, 0.1) is 0 Å². The predicted molar refractivity (Wildman–Crippen MR) is 139 cm³/mol. The Morgan fingerprint density at radius 2 is 2.00 bits per heavy atom. The van der Waals surface area contributed by atoms with Crippen LogP contribution < -0.4 is 4.74 Å². The number of carbonyl (C=O) groups excluding carboxylic acids is 2. The van der Waals surface area contributed by atoms with Crippen molar-refractivity contribution in [1.29, 1.82) is 0 Å². The van der Waals surface area contributed by atoms with Crippen LogP contribution in [0.4, 0.5) is 0 Å². The third kappa shape index (κ3) is 5.05. The number of amides is 1. The summed E-state index contributed by atoms with van der Waals surface area (Å²) in [6, 6.07) is 14.9. The molecule has 9 heteroatoms. The highest BCUT2D eigenvalue weighted by Crippen LogP contribution is 2.33. The van der Waals surface area contributed by atoms with Crippen molar-refractivity contribution in [3.8, 4) is 5.75 Å². The predicted octanol–water partition coefficient (Wildman–Crippen LogP) is 5.25. The molecule has 0 atom stereocenters. The van der Waals surface area contributed by atoms with E-state index >= 15 is 0 Å². The van der Waals surface area contributed by atoms with E-state index in [4.69, 9.17) is 17.0 Å². The van der Waals surface area contributed by atoms with Crippen LogP contribution in [0.5, 0.6) is 5.75 Å². The topological polar surface area (TPSA) is 64.4 Å². The third-order valence-electron chi connectivity index (χ3n) is 4.95. The van der Waals surface area contributed by atoms with Crippen molar-refractivity contribution in [3.63, 3.8) is 0 Å². The quantitative estimate of drug-likeness (QED) is 0.183. The first kappa shape index (κ1) is 23.3. The van der Waals surface area contributed by atoms with E-state index in [0.717, 1.165) is 22.3 Å². The van der Waals surface area contributed by atoms with Gasteiger partial charge in [-0.25, -0.2) is 4.98 Å². The number of ether oxygens (including phenoxy) is 1. The highest BCUT2D eigenvalue weighted by molar-refractivity contribution is 8.26. The van der Waals surface area contributed by atoms with Crippen molar-refractivity contribution in [2.45, 2.75) is 11.6 Å². The van der Waals surface area contributed by atoms with Gasteiger partial charge in [0.05, 0.1) is 23.0 Å². The van der Waals surface area contributed by atoms with E-state index in [-0.39, 0.29) is 24.8 Å². The van der Waals surface area contributed by atoms with E-state index in [2.05, 4.69) is 11.6 Å². The van der Waals surface area contributed by atoms with Crippen LogP contribution in [0.2, 0.25) is 0 Å². The van der Waals surface area contributed by atoms with Crippen LogP contribution in [-0.4, -0.2) is 50.0 Å². The van der Waals surface area contributed by atoms with E-state index in [9.17, 15) is 9.59 Å². The third-order valence-corrected chi connectivity index (χ3v) is 7.26. The molecule has 4 rings (SSSR count). The highest BCUT2D eigenvalue weighted by Gasteiger charge is 2.32. The van der Waals surface area contributed by atoms with Gasteiger partial charge >= 0.3 is 0 Å². The molecule has 2 heterocycles. The molecule has 0 N–H and O–H groups in total. The van der Waals surface area contributed by atoms with Gasteiger partial charge in [-0.2, -0.15) is 0 Å². The molecular weight excluding hydrogens is 474 g/mol. The average Bonchev–Trinajstić information content (AvgIpc) is 3.33. The molecule has 0 aliphatic carbocycles. The van der Waals surface area contributed by atoms with Crippen LogP contribution in [0.15, 0.2) is 71.2 Å². The van der Waals surface area contributed by atoms with Gasteiger partial charge in [-0.15, -0.1) is 6.58 Å². The van der Waals surface area contributed by atoms with E-state index < -0.39 is 0 Å². The number of aromatic nitrogens is 2. The molecule has 1 aliphatic rings. The number of fused-ring (bicyclic) bond motifs is 1. The summed E-state index contributed by atoms with van der Waals surface area (Å²) in [7, 11) is 1.61. The van der Waals surface area contributed by atoms with Gasteiger partial charge in [-0.1, -0.05) is 66.1 Å². The van der Waals surface area contributed by atoms with Gasteiger partial charge in [0, 0.05) is 18.7 Å². The smallest absolute Gasteiger partial charge is 0.266 e. The van der Waals surface area contributed by atoms with Crippen LogP contribution in [0.3, 0.4) is 0 Å². The van der Waals surface area contributed by atoms with Gasteiger partial charge in [0.2, 0.25) is 5.91 Å². The zero-order valence-electron chi connectivity index (χ0n) is 17.9. The van der Waals surface area contributed by atoms with Gasteiger partial charge in [0.25, 0.3) is 5.91 Å². The standard InChI is InChI=1S/C24H21N3O3S3/c1-3-14-32-23-25-18-6-4-5-7-19(18)27(23)21(28)12-13-26-22(29)20(33-24(26)31)15-16-8-10-17(30-2)11-9-16/h3-11,15H,1,12-14H2,2H3/b20-15-. The molecule has 2 aromatic carbocycles. The Morgan fingerprint density at radius 3 is 2.73 bits per heavy atom. The molecule has 33 heavy (non-hydrogen) atoms. The van der Waals surface area contributed by atoms with Crippen molar-refractivity contribution >= 4 is 69.0 Å². The first-order valence-electron chi connectivity index (χ1n) is 10.2. The minimum atomic E-state index is -0.189. The molecule has 0 spiro atoms. The fourth-order valence-corrected chi connectivity index (χ4v) is 5.41. The van der Waals surface area contributed by atoms with Crippen LogP contribution in [0.1, 0.15) is 16.8 Å². The monoisotopic (exact) mass is 495 g/mol. The average molecular weight is 496 g/mol. The molecule has 1 amide bonds. The Hall–Kier alpha value is -2.88. The Balaban J connectivity index is 1.49. The minimum Gasteiger partial charge on any atom is -0.497 e. The molecule has 0 saturated carbocycles. The summed E-state index contributed by atoms with van der Waals surface area (Å²) in [5.41, 5.74) is 2.38. The highest BCUT2D eigenvalue weighted by atomic mass is 32.2. The largest absolute Gasteiger partial charge is 0.497 e. The zero-order chi connectivity index (χ0) is 23.4. The maximum absolute atomic E-state index is 13.2. The number of thioether (sulfide) groups is 2. The van der Waals surface area contributed by atoms with E-state index in [1.807, 2.05) is 48.5 Å². The minimum absolute atomic E-state index is 0.129. The number of thiocarbonyl (C=S) groups is 1. The molecule has 1 fully saturated rings. The van der Waals surface area contributed by atoms with Crippen LogP contribution in [0.25, 0.3) is 17.1 Å². The Labute approximate surface area is 205 Å². The summed E-state index contributed by atoms with van der Waals surface area (Å²) >= 11 is 8.12. The molecule has 1 aromatic heterocycles. The van der Waals surface area contributed by atoms with Crippen LogP contribution in [-0.2, 0) is 4.79 Å². The first-order chi connectivity index (χ1) is 16.0. The number of hydrogen-bond donors (Lipinski definition) is 0. The lowest BCUT2D eigenvalue weighted by Crippen LogP contribution is -2.31. The van der Waals surface area contributed by atoms with Crippen molar-refractivity contribution in [1.82, 2.24) is 14.5 Å². The lowest BCUT2D eigenvalue weighted by atomic mass is 10.2. The second kappa shape index (κ2) is 10.4. The summed E-state index contributed by atoms with van der Waals surface area (Å²) < 4.78 is 7.24. The van der Waals surface area contributed by atoms with E-state index in [0.29, 0.717) is 20.1 Å². The molecule has 3 aromatic rings. The summed E-state index contributed by atoms with van der Waals surface area (Å²) in [4.78, 5) is 32.7. The van der Waals surface area contributed by atoms with Crippen LogP contribution >= 0.6 is 35.7 Å². The number of hydrogen-bond acceptors (Lipinski definition) is 7.